The van der Waals surface area contributed by atoms with Crippen LogP contribution in [0.4, 0.5) is 5.69 Å². The van der Waals surface area contributed by atoms with E-state index in [-0.39, 0.29) is 11.4 Å². The standard InChI is InChI=1S/C24H27NO4/c1-14-7-8-15(2)18(13-14)25-20(16-9-11-17(29-6)12-10-16)19(21(26)23(25)28)22(27)24(3,4)5/h7-13,20,26H,1-6H3. The maximum Gasteiger partial charge on any atom is 0.294 e. The molecule has 2 aromatic carbocycles. The van der Waals surface area contributed by atoms with Crippen molar-refractivity contribution in [1.29, 1.82) is 0 Å². The van der Waals surface area contributed by atoms with Gasteiger partial charge in [-0.15, -0.1) is 0 Å². The van der Waals surface area contributed by atoms with Crippen LogP contribution in [0.1, 0.15) is 43.5 Å². The molecule has 1 aliphatic rings. The van der Waals surface area contributed by atoms with Gasteiger partial charge >= 0.3 is 0 Å². The largest absolute Gasteiger partial charge is 0.503 e. The number of rotatable bonds is 4. The van der Waals surface area contributed by atoms with E-state index in [0.717, 1.165) is 16.7 Å². The van der Waals surface area contributed by atoms with Gasteiger partial charge in [-0.1, -0.05) is 45.0 Å². The fraction of sp³-hybridized carbons (Fsp3) is 0.333. The highest BCUT2D eigenvalue weighted by molar-refractivity contribution is 6.17. The van der Waals surface area contributed by atoms with E-state index in [1.807, 2.05) is 44.2 Å². The van der Waals surface area contributed by atoms with Crippen molar-refractivity contribution >= 4 is 17.4 Å². The van der Waals surface area contributed by atoms with Gasteiger partial charge in [0.2, 0.25) is 0 Å². The number of ketones is 1. The molecular formula is C24H27NO4. The Morgan fingerprint density at radius 1 is 1.07 bits per heavy atom. The number of anilines is 1. The molecule has 0 bridgehead atoms. The minimum absolute atomic E-state index is 0.133. The molecule has 5 nitrogen and oxygen atoms in total. The number of methoxy groups -OCH3 is 1. The number of aliphatic hydroxyl groups is 1. The molecule has 152 valence electrons. The number of ether oxygens (including phenoxy) is 1. The summed E-state index contributed by atoms with van der Waals surface area (Å²) in [4.78, 5) is 27.9. The van der Waals surface area contributed by atoms with Crippen LogP contribution in [0.2, 0.25) is 0 Å². The molecule has 1 atom stereocenters. The zero-order valence-electron chi connectivity index (χ0n) is 17.7. The zero-order valence-corrected chi connectivity index (χ0v) is 17.7. The van der Waals surface area contributed by atoms with Crippen molar-refractivity contribution in [3.63, 3.8) is 0 Å². The number of aryl methyl sites for hydroxylation is 2. The van der Waals surface area contributed by atoms with Gasteiger partial charge in [-0.3, -0.25) is 14.5 Å². The van der Waals surface area contributed by atoms with Gasteiger partial charge in [-0.05, 0) is 48.7 Å². The lowest BCUT2D eigenvalue weighted by atomic mass is 9.82. The Morgan fingerprint density at radius 2 is 1.69 bits per heavy atom. The minimum Gasteiger partial charge on any atom is -0.503 e. The normalized spacial score (nSPS) is 17.1. The van der Waals surface area contributed by atoms with Gasteiger partial charge in [-0.2, -0.15) is 0 Å². The lowest BCUT2D eigenvalue weighted by Crippen LogP contribution is -2.33. The molecule has 0 saturated heterocycles. The van der Waals surface area contributed by atoms with Gasteiger partial charge in [0, 0.05) is 11.1 Å². The zero-order chi connectivity index (χ0) is 21.5. The molecule has 1 heterocycles. The molecular weight excluding hydrogens is 366 g/mol. The summed E-state index contributed by atoms with van der Waals surface area (Å²) in [5, 5.41) is 10.8. The van der Waals surface area contributed by atoms with Gasteiger partial charge in [0.15, 0.2) is 11.5 Å². The predicted molar refractivity (Wildman–Crippen MR) is 113 cm³/mol. The molecule has 0 spiro atoms. The van der Waals surface area contributed by atoms with Crippen molar-refractivity contribution in [1.82, 2.24) is 0 Å². The lowest BCUT2D eigenvalue weighted by Gasteiger charge is -2.30. The minimum atomic E-state index is -0.744. The predicted octanol–water partition coefficient (Wildman–Crippen LogP) is 4.83. The number of carbonyl (C=O) groups is 2. The first-order valence-electron chi connectivity index (χ1n) is 9.59. The smallest absolute Gasteiger partial charge is 0.294 e. The van der Waals surface area contributed by atoms with Crippen LogP contribution in [0.5, 0.6) is 5.75 Å². The molecule has 0 radical (unpaired) electrons. The van der Waals surface area contributed by atoms with E-state index in [1.165, 1.54) is 4.90 Å². The third-order valence-electron chi connectivity index (χ3n) is 5.19. The number of hydrogen-bond donors (Lipinski definition) is 1. The van der Waals surface area contributed by atoms with Gasteiger partial charge in [-0.25, -0.2) is 0 Å². The highest BCUT2D eigenvalue weighted by Gasteiger charge is 2.47. The molecule has 0 saturated carbocycles. The summed E-state index contributed by atoms with van der Waals surface area (Å²) >= 11 is 0. The fourth-order valence-electron chi connectivity index (χ4n) is 3.57. The number of aliphatic hydroxyl groups excluding tert-OH is 1. The third-order valence-corrected chi connectivity index (χ3v) is 5.19. The van der Waals surface area contributed by atoms with Gasteiger partial charge in [0.25, 0.3) is 5.91 Å². The van der Waals surface area contributed by atoms with Crippen molar-refractivity contribution in [3.05, 3.63) is 70.5 Å². The average molecular weight is 393 g/mol. The number of carbonyl (C=O) groups excluding carboxylic acids is 2. The second-order valence-electron chi connectivity index (χ2n) is 8.48. The number of Topliss-reactive ketones (excluding diaryl/α,β-unsaturated/α-hetero) is 1. The first-order valence-corrected chi connectivity index (χ1v) is 9.59. The molecule has 1 N–H and O–H groups in total. The number of amides is 1. The Bertz CT molecular complexity index is 997. The molecule has 0 fully saturated rings. The average Bonchev–Trinajstić information content (AvgIpc) is 2.93. The molecule has 2 aromatic rings. The molecule has 29 heavy (non-hydrogen) atoms. The third kappa shape index (κ3) is 3.65. The molecule has 3 rings (SSSR count). The Hall–Kier alpha value is -3.08. The van der Waals surface area contributed by atoms with Crippen molar-refractivity contribution in [2.24, 2.45) is 5.41 Å². The number of nitrogens with zero attached hydrogens (tertiary/aromatic N) is 1. The van der Waals surface area contributed by atoms with Crippen LogP contribution in [0.15, 0.2) is 53.8 Å². The number of benzene rings is 2. The van der Waals surface area contributed by atoms with E-state index in [4.69, 9.17) is 4.74 Å². The number of hydrogen-bond acceptors (Lipinski definition) is 4. The molecule has 1 unspecified atom stereocenters. The lowest BCUT2D eigenvalue weighted by molar-refractivity contribution is -0.123. The van der Waals surface area contributed by atoms with E-state index < -0.39 is 23.1 Å². The molecule has 0 aliphatic carbocycles. The van der Waals surface area contributed by atoms with Crippen LogP contribution in [0.25, 0.3) is 0 Å². The van der Waals surface area contributed by atoms with Gasteiger partial charge < -0.3 is 9.84 Å². The Kier molecular flexibility index (Phi) is 5.26. The van der Waals surface area contributed by atoms with Crippen molar-refractivity contribution in [2.75, 3.05) is 12.0 Å². The van der Waals surface area contributed by atoms with Crippen LogP contribution in [-0.2, 0) is 9.59 Å². The summed E-state index contributed by atoms with van der Waals surface area (Å²) in [7, 11) is 1.58. The Morgan fingerprint density at radius 3 is 2.24 bits per heavy atom. The summed E-state index contributed by atoms with van der Waals surface area (Å²) in [6, 6.07) is 12.3. The summed E-state index contributed by atoms with van der Waals surface area (Å²) < 4.78 is 5.24. The monoisotopic (exact) mass is 393 g/mol. The molecule has 1 amide bonds. The van der Waals surface area contributed by atoms with Crippen LogP contribution in [0.3, 0.4) is 0 Å². The Labute approximate surface area is 171 Å². The summed E-state index contributed by atoms with van der Waals surface area (Å²) in [5.74, 6) is -0.621. The highest BCUT2D eigenvalue weighted by Crippen LogP contribution is 2.44. The van der Waals surface area contributed by atoms with Crippen LogP contribution in [-0.4, -0.2) is 23.9 Å². The highest BCUT2D eigenvalue weighted by atomic mass is 16.5. The quantitative estimate of drug-likeness (QED) is 0.808. The van der Waals surface area contributed by atoms with Crippen LogP contribution in [0, 0.1) is 19.3 Å². The molecule has 0 aromatic heterocycles. The first-order chi connectivity index (χ1) is 13.6. The SMILES string of the molecule is COc1ccc(C2C(C(=O)C(C)(C)C)=C(O)C(=O)N2c2cc(C)ccc2C)cc1. The molecule has 5 heteroatoms. The molecule has 1 aliphatic heterocycles. The van der Waals surface area contributed by atoms with Crippen LogP contribution < -0.4 is 9.64 Å². The summed E-state index contributed by atoms with van der Waals surface area (Å²) in [6.45, 7) is 9.21. The maximum absolute atomic E-state index is 13.2. The van der Waals surface area contributed by atoms with E-state index in [9.17, 15) is 14.7 Å². The van der Waals surface area contributed by atoms with E-state index in [1.54, 1.807) is 40.0 Å². The van der Waals surface area contributed by atoms with Gasteiger partial charge in [0.05, 0.1) is 18.7 Å². The second-order valence-corrected chi connectivity index (χ2v) is 8.48. The first kappa shape index (κ1) is 20.6. The van der Waals surface area contributed by atoms with Gasteiger partial charge in [0.1, 0.15) is 5.75 Å². The van der Waals surface area contributed by atoms with E-state index in [2.05, 4.69) is 0 Å². The topological polar surface area (TPSA) is 66.8 Å². The van der Waals surface area contributed by atoms with Crippen molar-refractivity contribution < 1.29 is 19.4 Å². The summed E-state index contributed by atoms with van der Waals surface area (Å²) in [6.07, 6.45) is 0. The fourth-order valence-corrected chi connectivity index (χ4v) is 3.57. The maximum atomic E-state index is 13.2. The van der Waals surface area contributed by atoms with Crippen molar-refractivity contribution in [2.45, 2.75) is 40.7 Å². The Balaban J connectivity index is 2.24. The van der Waals surface area contributed by atoms with Crippen LogP contribution >= 0.6 is 0 Å². The van der Waals surface area contributed by atoms with Crippen molar-refractivity contribution in [3.8, 4) is 5.75 Å². The summed E-state index contributed by atoms with van der Waals surface area (Å²) in [5.41, 5.74) is 2.68. The van der Waals surface area contributed by atoms with E-state index in [0.29, 0.717) is 11.4 Å². The second kappa shape index (κ2) is 7.39. The van der Waals surface area contributed by atoms with E-state index >= 15 is 0 Å².